The third-order valence-corrected chi connectivity index (χ3v) is 2.47. The Morgan fingerprint density at radius 1 is 1.56 bits per heavy atom. The number of amides is 1. The van der Waals surface area contributed by atoms with Crippen LogP contribution < -0.4 is 0 Å². The van der Waals surface area contributed by atoms with Gasteiger partial charge in [-0.25, -0.2) is 0 Å². The summed E-state index contributed by atoms with van der Waals surface area (Å²) >= 11 is 0. The first-order valence-electron chi connectivity index (χ1n) is 4.90. The first-order valence-corrected chi connectivity index (χ1v) is 4.90. The summed E-state index contributed by atoms with van der Waals surface area (Å²) in [7, 11) is 1.38. The molecular formula is C12H11N2O2ReY-3. The van der Waals surface area contributed by atoms with Crippen molar-refractivity contribution in [3.05, 3.63) is 51.2 Å². The summed E-state index contributed by atoms with van der Waals surface area (Å²) in [5.41, 5.74) is 2.54. The number of hydrogen-bond acceptors (Lipinski definition) is 2. The minimum atomic E-state index is -0.497. The minimum absolute atomic E-state index is 0. The van der Waals surface area contributed by atoms with Crippen molar-refractivity contribution in [2.45, 2.75) is 13.5 Å². The molecular weight excluding hydrogens is 479 g/mol. The number of aryl methyl sites for hydroxylation is 1. The van der Waals surface area contributed by atoms with Crippen LogP contribution in [0.4, 0.5) is 0 Å². The normalized spacial score (nSPS) is 12.6. The molecule has 0 spiro atoms. The summed E-state index contributed by atoms with van der Waals surface area (Å²) in [5.74, 6) is -0.600. The summed E-state index contributed by atoms with van der Waals surface area (Å²) in [5, 5.41) is 17.4. The van der Waals surface area contributed by atoms with E-state index in [0.717, 1.165) is 11.1 Å². The maximum absolute atomic E-state index is 11.4. The van der Waals surface area contributed by atoms with Crippen LogP contribution in [0.3, 0.4) is 0 Å². The Bertz CT molecular complexity index is 489. The number of aliphatic hydroxyl groups is 1. The molecule has 2 rings (SSSR count). The number of rotatable bonds is 1. The maximum Gasteiger partial charge on any atom is 0.0618 e. The van der Waals surface area contributed by atoms with E-state index in [1.54, 1.807) is 6.07 Å². The molecule has 4 nitrogen and oxygen atoms in total. The molecule has 0 bridgehead atoms. The molecule has 1 aliphatic heterocycles. The predicted molar refractivity (Wildman–Crippen MR) is 60.9 cm³/mol. The van der Waals surface area contributed by atoms with Crippen LogP contribution in [0.5, 0.6) is 0 Å². The van der Waals surface area contributed by atoms with Crippen molar-refractivity contribution in [3.63, 3.8) is 0 Å². The van der Waals surface area contributed by atoms with Gasteiger partial charge in [-0.15, -0.1) is 13.6 Å². The van der Waals surface area contributed by atoms with Gasteiger partial charge < -0.3 is 20.5 Å². The summed E-state index contributed by atoms with van der Waals surface area (Å²) in [6.07, 6.45) is 0. The van der Waals surface area contributed by atoms with Gasteiger partial charge in [0, 0.05) is 53.1 Å². The van der Waals surface area contributed by atoms with Crippen molar-refractivity contribution in [1.82, 2.24) is 0 Å². The van der Waals surface area contributed by atoms with Gasteiger partial charge in [0.2, 0.25) is 0 Å². The molecule has 1 aromatic carbocycles. The summed E-state index contributed by atoms with van der Waals surface area (Å²) in [6, 6.07) is 6.57. The molecule has 6 heteroatoms. The molecule has 0 aromatic heterocycles. The van der Waals surface area contributed by atoms with Gasteiger partial charge in [0.05, 0.1) is 11.7 Å². The number of carbonyl (C=O) groups is 1. The van der Waals surface area contributed by atoms with E-state index in [-0.39, 0.29) is 64.6 Å². The molecule has 0 saturated carbocycles. The number of likely N-dealkylation sites (N-methyl/N-ethyl adjacent to an activating group) is 1. The number of benzene rings is 1. The van der Waals surface area contributed by atoms with Crippen LogP contribution in [0.1, 0.15) is 16.7 Å². The van der Waals surface area contributed by atoms with Crippen molar-refractivity contribution in [2.75, 3.05) is 7.05 Å². The van der Waals surface area contributed by atoms with Crippen LogP contribution in [0.15, 0.2) is 17.8 Å². The minimum Gasteiger partial charge on any atom is -0.679 e. The second-order valence-corrected chi connectivity index (χ2v) is 3.60. The number of carbonyl (C=O) groups excluding carboxylic acids is 1. The van der Waals surface area contributed by atoms with E-state index < -0.39 is 5.91 Å². The molecule has 94 valence electrons. The average molecular weight is 490 g/mol. The van der Waals surface area contributed by atoms with E-state index in [1.165, 1.54) is 7.05 Å². The third-order valence-electron chi connectivity index (χ3n) is 2.47. The van der Waals surface area contributed by atoms with E-state index in [4.69, 9.17) is 0 Å². The Labute approximate surface area is 145 Å². The first kappa shape index (κ1) is 17.8. The molecule has 1 N–H and O–H groups in total. The van der Waals surface area contributed by atoms with Gasteiger partial charge in [-0.1, -0.05) is 18.2 Å². The Morgan fingerprint density at radius 3 is 2.83 bits per heavy atom. The molecule has 1 heterocycles. The Hall–Kier alpha value is -0.204. The van der Waals surface area contributed by atoms with Gasteiger partial charge in [-0.05, 0) is 0 Å². The predicted octanol–water partition coefficient (Wildman–Crippen LogP) is 2.43. The molecule has 1 aromatic rings. The van der Waals surface area contributed by atoms with Crippen molar-refractivity contribution < 1.29 is 63.0 Å². The maximum atomic E-state index is 11.4. The van der Waals surface area contributed by atoms with Crippen LogP contribution in [-0.4, -0.2) is 18.1 Å². The van der Waals surface area contributed by atoms with E-state index in [9.17, 15) is 9.90 Å². The monoisotopic (exact) mass is 491 g/mol. The molecule has 0 atom stereocenters. The summed E-state index contributed by atoms with van der Waals surface area (Å²) < 4.78 is 0. The molecule has 0 saturated heterocycles. The zero-order valence-corrected chi connectivity index (χ0v) is 15.6. The van der Waals surface area contributed by atoms with Crippen LogP contribution in [0.2, 0.25) is 0 Å². The van der Waals surface area contributed by atoms with E-state index in [2.05, 4.69) is 16.7 Å². The second-order valence-electron chi connectivity index (χ2n) is 3.60. The first-order chi connectivity index (χ1) is 7.63. The SMILES string of the molecule is C[N-]C(=O)C1=C(O)c2c[c-]c(C)cc2C[N-]1.[Re].[Y]. The quantitative estimate of drug-likeness (QED) is 0.615. The van der Waals surface area contributed by atoms with Crippen molar-refractivity contribution in [3.8, 4) is 0 Å². The molecule has 1 aliphatic rings. The summed E-state index contributed by atoms with van der Waals surface area (Å²) in [4.78, 5) is 11.4. The van der Waals surface area contributed by atoms with E-state index in [1.807, 2.05) is 13.0 Å². The topological polar surface area (TPSA) is 65.5 Å². The van der Waals surface area contributed by atoms with Gasteiger partial charge in [0.15, 0.2) is 0 Å². The molecule has 2 radical (unpaired) electrons. The average Bonchev–Trinajstić information content (AvgIpc) is 2.28. The van der Waals surface area contributed by atoms with E-state index >= 15 is 0 Å². The number of hydrogen-bond donors (Lipinski definition) is 1. The van der Waals surface area contributed by atoms with Gasteiger partial charge in [0.25, 0.3) is 0 Å². The largest absolute Gasteiger partial charge is 0.679 e. The summed E-state index contributed by atoms with van der Waals surface area (Å²) in [6.45, 7) is 2.31. The van der Waals surface area contributed by atoms with Crippen LogP contribution in [0.25, 0.3) is 16.4 Å². The fourth-order valence-corrected chi connectivity index (χ4v) is 1.65. The van der Waals surface area contributed by atoms with Crippen LogP contribution in [-0.2, 0) is 64.5 Å². The Kier molecular flexibility index (Phi) is 7.32. The van der Waals surface area contributed by atoms with Crippen LogP contribution >= 0.6 is 0 Å². The number of nitrogens with zero attached hydrogens (tertiary/aromatic N) is 2. The standard InChI is InChI=1S/C12H12N2O2.Re.Y/c1-7-3-4-9-8(5-7)6-14-10(11(9)15)12(16)13-2;;/h4-5H,6H2,1-2H3,(H2,13,15,16);;/q-2;;/p-1. The smallest absolute Gasteiger partial charge is 0.0618 e. The zero-order chi connectivity index (χ0) is 11.7. The molecule has 18 heavy (non-hydrogen) atoms. The van der Waals surface area contributed by atoms with Crippen LogP contribution in [0, 0.1) is 13.0 Å². The number of fused-ring (bicyclic) bond motifs is 1. The van der Waals surface area contributed by atoms with Crippen molar-refractivity contribution >= 4 is 11.7 Å². The second kappa shape index (κ2) is 7.40. The third kappa shape index (κ3) is 3.42. The van der Waals surface area contributed by atoms with E-state index in [0.29, 0.717) is 12.1 Å². The number of aliphatic hydroxyl groups excluding tert-OH is 1. The molecule has 0 aliphatic carbocycles. The fraction of sp³-hybridized carbons (Fsp3) is 0.250. The molecule has 0 fully saturated rings. The van der Waals surface area contributed by atoms with Crippen molar-refractivity contribution in [2.24, 2.45) is 0 Å². The Balaban J connectivity index is 0.00000144. The van der Waals surface area contributed by atoms with Gasteiger partial charge in [-0.3, -0.25) is 0 Å². The van der Waals surface area contributed by atoms with Gasteiger partial charge in [-0.2, -0.15) is 29.3 Å². The zero-order valence-electron chi connectivity index (χ0n) is 10.1. The fourth-order valence-electron chi connectivity index (χ4n) is 1.65. The molecule has 0 unspecified atom stereocenters. The van der Waals surface area contributed by atoms with Crippen molar-refractivity contribution in [1.29, 1.82) is 0 Å². The van der Waals surface area contributed by atoms with Gasteiger partial charge >= 0.3 is 0 Å². The Morgan fingerprint density at radius 2 is 2.22 bits per heavy atom. The van der Waals surface area contributed by atoms with Gasteiger partial charge in [0.1, 0.15) is 0 Å². The molecule has 1 amide bonds.